The van der Waals surface area contributed by atoms with Crippen LogP contribution in [-0.2, 0) is 18.9 Å². The largest absolute Gasteiger partial charge is 0.376 e. The fourth-order valence-corrected chi connectivity index (χ4v) is 2.70. The molecule has 1 spiro atoms. The zero-order valence-electron chi connectivity index (χ0n) is 7.99. The predicted molar refractivity (Wildman–Crippen MR) is 54.7 cm³/mol. The topological polar surface area (TPSA) is 36.9 Å². The van der Waals surface area contributed by atoms with Crippen LogP contribution in [0.2, 0.25) is 0 Å². The van der Waals surface area contributed by atoms with Crippen molar-refractivity contribution in [2.75, 3.05) is 13.2 Å². The van der Waals surface area contributed by atoms with E-state index in [2.05, 4.69) is 8.86 Å². The Labute approximate surface area is 85.5 Å². The second-order valence-electron chi connectivity index (χ2n) is 4.01. The molecule has 0 aromatic carbocycles. The summed E-state index contributed by atoms with van der Waals surface area (Å²) in [4.78, 5) is 0. The molecule has 14 heavy (non-hydrogen) atoms. The van der Waals surface area contributed by atoms with Gasteiger partial charge in [0.2, 0.25) is 5.67 Å². The first-order valence-electron chi connectivity index (χ1n) is 4.90. The molecular formula is C8H12BO4P. The first kappa shape index (κ1) is 9.31. The number of hydrogen-bond donors (Lipinski definition) is 0. The van der Waals surface area contributed by atoms with Crippen LogP contribution in [0, 0.1) is 0 Å². The third-order valence-corrected chi connectivity index (χ3v) is 3.62. The molecule has 3 aliphatic heterocycles. The molecule has 0 radical (unpaired) electrons. The molecule has 3 fully saturated rings. The van der Waals surface area contributed by atoms with Crippen molar-refractivity contribution in [3.05, 3.63) is 0 Å². The standard InChI is InChI=1S/C8H12BO4P/c9-6-8(1-2-11-8)5-4(12-6)3-10-7(14)13-5/h4-6,14H,1-3,9H2/t4?,5-,6?,8+/m1/s1. The van der Waals surface area contributed by atoms with E-state index in [9.17, 15) is 0 Å². The van der Waals surface area contributed by atoms with E-state index in [1.807, 2.05) is 7.85 Å². The molecule has 2 unspecified atom stereocenters. The molecule has 76 valence electrons. The molecule has 0 amide bonds. The molecule has 0 saturated carbocycles. The van der Waals surface area contributed by atoms with Crippen LogP contribution >= 0.6 is 8.86 Å². The molecule has 0 bridgehead atoms. The van der Waals surface area contributed by atoms with E-state index in [-0.39, 0.29) is 23.8 Å². The lowest BCUT2D eigenvalue weighted by molar-refractivity contribution is -0.197. The van der Waals surface area contributed by atoms with Crippen LogP contribution in [0.25, 0.3) is 0 Å². The average Bonchev–Trinajstić information content (AvgIpc) is 2.35. The molecule has 4 nitrogen and oxygen atoms in total. The van der Waals surface area contributed by atoms with Gasteiger partial charge in [-0.1, -0.05) is 8.86 Å². The van der Waals surface area contributed by atoms with Crippen molar-refractivity contribution in [2.24, 2.45) is 0 Å². The number of ether oxygens (including phenoxy) is 4. The van der Waals surface area contributed by atoms with Crippen LogP contribution in [0.15, 0.2) is 0 Å². The highest BCUT2D eigenvalue weighted by Crippen LogP contribution is 2.44. The van der Waals surface area contributed by atoms with E-state index in [0.717, 1.165) is 13.0 Å². The van der Waals surface area contributed by atoms with Gasteiger partial charge in [-0.05, 0) is 0 Å². The molecule has 0 aliphatic carbocycles. The van der Waals surface area contributed by atoms with Crippen molar-refractivity contribution in [3.8, 4) is 0 Å². The maximum absolute atomic E-state index is 5.76. The molecular weight excluding hydrogens is 202 g/mol. The summed E-state index contributed by atoms with van der Waals surface area (Å²) in [5.41, 5.74) is 0.214. The van der Waals surface area contributed by atoms with E-state index in [1.54, 1.807) is 0 Å². The van der Waals surface area contributed by atoms with Gasteiger partial charge in [-0.25, -0.2) is 0 Å². The summed E-state index contributed by atoms with van der Waals surface area (Å²) >= 11 is 0. The maximum atomic E-state index is 5.76. The third kappa shape index (κ3) is 1.08. The van der Waals surface area contributed by atoms with E-state index < -0.39 is 0 Å². The summed E-state index contributed by atoms with van der Waals surface area (Å²) in [6, 6.07) is 0.0902. The minimum absolute atomic E-state index is 0.00500. The Kier molecular flexibility index (Phi) is 2.02. The SMILES string of the molecule is BC1OC2COC(=P)O[C@H]2[C@@]12CCO2. The lowest BCUT2D eigenvalue weighted by Crippen LogP contribution is -2.60. The van der Waals surface area contributed by atoms with Gasteiger partial charge in [0.05, 0.1) is 19.2 Å². The van der Waals surface area contributed by atoms with Crippen molar-refractivity contribution in [1.82, 2.24) is 0 Å². The number of rotatable bonds is 0. The molecule has 0 aromatic heterocycles. The minimum Gasteiger partial charge on any atom is -0.376 e. The molecule has 6 heteroatoms. The van der Waals surface area contributed by atoms with E-state index in [1.165, 1.54) is 0 Å². The monoisotopic (exact) mass is 214 g/mol. The highest BCUT2D eigenvalue weighted by atomic mass is 31.0. The summed E-state index contributed by atoms with van der Waals surface area (Å²) in [6.07, 6.45) is 0.993. The van der Waals surface area contributed by atoms with Crippen LogP contribution in [0.5, 0.6) is 0 Å². The van der Waals surface area contributed by atoms with Crippen LogP contribution in [0.4, 0.5) is 0 Å². The van der Waals surface area contributed by atoms with Crippen LogP contribution < -0.4 is 0 Å². The average molecular weight is 214 g/mol. The predicted octanol–water partition coefficient (Wildman–Crippen LogP) is -0.851. The summed E-state index contributed by atoms with van der Waals surface area (Å²) in [7, 11) is 5.30. The first-order chi connectivity index (χ1) is 6.72. The van der Waals surface area contributed by atoms with Crippen LogP contribution in [0.3, 0.4) is 0 Å². The zero-order chi connectivity index (χ0) is 9.76. The quantitative estimate of drug-likeness (QED) is 0.388. The van der Waals surface area contributed by atoms with Gasteiger partial charge in [0.25, 0.3) is 0 Å². The summed E-state index contributed by atoms with van der Waals surface area (Å²) in [5, 5.41) is 0. The number of fused-ring (bicyclic) bond motifs is 2. The van der Waals surface area contributed by atoms with Crippen molar-refractivity contribution in [2.45, 2.75) is 30.2 Å². The fraction of sp³-hybridized carbons (Fsp3) is 0.875. The van der Waals surface area contributed by atoms with Gasteiger partial charge in [0.1, 0.15) is 25.7 Å². The Morgan fingerprint density at radius 1 is 1.50 bits per heavy atom. The van der Waals surface area contributed by atoms with E-state index in [4.69, 9.17) is 18.9 Å². The van der Waals surface area contributed by atoms with Crippen LogP contribution in [0.1, 0.15) is 6.42 Å². The Balaban J connectivity index is 1.88. The summed E-state index contributed by atoms with van der Waals surface area (Å²) < 4.78 is 22.3. The molecule has 3 saturated heterocycles. The van der Waals surface area contributed by atoms with E-state index in [0.29, 0.717) is 12.3 Å². The Hall–Kier alpha value is 0.0749. The lowest BCUT2D eigenvalue weighted by atomic mass is 9.75. The lowest BCUT2D eigenvalue weighted by Gasteiger charge is -2.45. The van der Waals surface area contributed by atoms with Gasteiger partial charge in [0, 0.05) is 6.42 Å². The summed E-state index contributed by atoms with van der Waals surface area (Å²) in [5.74, 6) is 0. The Morgan fingerprint density at radius 2 is 2.29 bits per heavy atom. The maximum Gasteiger partial charge on any atom is 0.203 e. The minimum atomic E-state index is -0.230. The van der Waals surface area contributed by atoms with Crippen molar-refractivity contribution in [1.29, 1.82) is 0 Å². The Morgan fingerprint density at radius 3 is 2.93 bits per heavy atom. The highest BCUT2D eigenvalue weighted by molar-refractivity contribution is 7.19. The molecule has 0 aromatic rings. The van der Waals surface area contributed by atoms with Gasteiger partial charge in [-0.15, -0.1) is 0 Å². The Bertz CT molecular complexity index is 281. The molecule has 3 heterocycles. The van der Waals surface area contributed by atoms with Gasteiger partial charge in [-0.3, -0.25) is 0 Å². The second-order valence-corrected chi connectivity index (χ2v) is 4.42. The van der Waals surface area contributed by atoms with Crippen molar-refractivity contribution < 1.29 is 18.9 Å². The smallest absolute Gasteiger partial charge is 0.203 e. The molecule has 3 aliphatic rings. The van der Waals surface area contributed by atoms with Crippen LogP contribution in [-0.4, -0.2) is 50.5 Å². The van der Waals surface area contributed by atoms with Crippen molar-refractivity contribution in [3.63, 3.8) is 0 Å². The first-order valence-corrected chi connectivity index (χ1v) is 5.40. The normalized spacial score (nSPS) is 51.7. The highest BCUT2D eigenvalue weighted by Gasteiger charge is 2.61. The second kappa shape index (κ2) is 3.03. The molecule has 4 atom stereocenters. The van der Waals surface area contributed by atoms with Gasteiger partial charge in [-0.2, -0.15) is 0 Å². The third-order valence-electron chi connectivity index (χ3n) is 3.36. The summed E-state index contributed by atoms with van der Waals surface area (Å²) in [6.45, 7) is 1.34. The fourth-order valence-electron chi connectivity index (χ4n) is 2.49. The zero-order valence-corrected chi connectivity index (χ0v) is 8.99. The van der Waals surface area contributed by atoms with Gasteiger partial charge in [0.15, 0.2) is 0 Å². The van der Waals surface area contributed by atoms with E-state index >= 15 is 0 Å². The molecule has 3 rings (SSSR count). The molecule has 0 N–H and O–H groups in total. The van der Waals surface area contributed by atoms with Gasteiger partial charge >= 0.3 is 0 Å². The van der Waals surface area contributed by atoms with Gasteiger partial charge < -0.3 is 18.9 Å². The number of hydrogen-bond acceptors (Lipinski definition) is 4. The van der Waals surface area contributed by atoms with Crippen molar-refractivity contribution >= 4 is 22.4 Å².